The summed E-state index contributed by atoms with van der Waals surface area (Å²) >= 11 is 0. The molecule has 0 aliphatic carbocycles. The second kappa shape index (κ2) is 4.93. The summed E-state index contributed by atoms with van der Waals surface area (Å²) < 4.78 is 1.56. The SMILES string of the molecule is CCc1nn(C)c(N2CCCC2CO)c1[N+](=O)[O-]. The van der Waals surface area contributed by atoms with Crippen molar-refractivity contribution < 1.29 is 10.0 Å². The first-order valence-corrected chi connectivity index (χ1v) is 6.17. The molecule has 0 amide bonds. The Bertz CT molecular complexity index is 457. The summed E-state index contributed by atoms with van der Waals surface area (Å²) in [5, 5.41) is 24.8. The molecule has 1 fully saturated rings. The topological polar surface area (TPSA) is 84.4 Å². The molecule has 1 saturated heterocycles. The number of aryl methyl sites for hydroxylation is 2. The molecule has 1 aliphatic rings. The highest BCUT2D eigenvalue weighted by Gasteiger charge is 2.35. The van der Waals surface area contributed by atoms with Crippen molar-refractivity contribution in [1.82, 2.24) is 9.78 Å². The van der Waals surface area contributed by atoms with Crippen LogP contribution in [0.15, 0.2) is 0 Å². The van der Waals surface area contributed by atoms with E-state index in [1.807, 2.05) is 11.8 Å². The van der Waals surface area contributed by atoms with Crippen LogP contribution in [0.3, 0.4) is 0 Å². The lowest BCUT2D eigenvalue weighted by Gasteiger charge is -2.23. The fourth-order valence-electron chi connectivity index (χ4n) is 2.61. The Kier molecular flexibility index (Phi) is 3.51. The second-order valence-corrected chi connectivity index (χ2v) is 4.53. The number of aromatic nitrogens is 2. The molecule has 0 radical (unpaired) electrons. The van der Waals surface area contributed by atoms with E-state index >= 15 is 0 Å². The molecule has 1 aromatic rings. The van der Waals surface area contributed by atoms with Crippen molar-refractivity contribution in [3.63, 3.8) is 0 Å². The molecule has 0 aromatic carbocycles. The van der Waals surface area contributed by atoms with Gasteiger partial charge in [-0.1, -0.05) is 6.92 Å². The summed E-state index contributed by atoms with van der Waals surface area (Å²) in [5.74, 6) is 0.522. The summed E-state index contributed by atoms with van der Waals surface area (Å²) in [6, 6.07) is -0.0381. The Balaban J connectivity index is 2.49. The Hall–Kier alpha value is -1.63. The van der Waals surface area contributed by atoms with Gasteiger partial charge in [0.15, 0.2) is 0 Å². The normalized spacial score (nSPS) is 19.5. The minimum atomic E-state index is -0.367. The van der Waals surface area contributed by atoms with Crippen LogP contribution < -0.4 is 4.90 Å². The minimum Gasteiger partial charge on any atom is -0.394 e. The molecular formula is C11H18N4O3. The molecule has 0 spiro atoms. The van der Waals surface area contributed by atoms with E-state index in [2.05, 4.69) is 5.10 Å². The molecule has 7 heteroatoms. The molecule has 1 atom stereocenters. The number of nitro groups is 1. The lowest BCUT2D eigenvalue weighted by atomic mass is 10.2. The van der Waals surface area contributed by atoms with Crippen molar-refractivity contribution in [2.75, 3.05) is 18.1 Å². The van der Waals surface area contributed by atoms with Crippen LogP contribution in [-0.4, -0.2) is 39.0 Å². The molecule has 0 bridgehead atoms. The minimum absolute atomic E-state index is 0.0177. The molecule has 1 aliphatic heterocycles. The lowest BCUT2D eigenvalue weighted by Crippen LogP contribution is -2.33. The predicted molar refractivity (Wildman–Crippen MR) is 66.7 cm³/mol. The van der Waals surface area contributed by atoms with Crippen LogP contribution in [0.25, 0.3) is 0 Å². The van der Waals surface area contributed by atoms with E-state index in [0.29, 0.717) is 17.9 Å². The molecule has 7 nitrogen and oxygen atoms in total. The highest BCUT2D eigenvalue weighted by Crippen LogP contribution is 2.35. The van der Waals surface area contributed by atoms with Crippen molar-refractivity contribution >= 4 is 11.5 Å². The van der Waals surface area contributed by atoms with Crippen LogP contribution in [0.1, 0.15) is 25.5 Å². The predicted octanol–water partition coefficient (Wildman–Crippen LogP) is 0.852. The molecular weight excluding hydrogens is 236 g/mol. The van der Waals surface area contributed by atoms with Gasteiger partial charge in [0.05, 0.1) is 17.6 Å². The first-order valence-electron chi connectivity index (χ1n) is 6.17. The molecule has 1 aromatic heterocycles. The number of anilines is 1. The van der Waals surface area contributed by atoms with Gasteiger partial charge in [-0.25, -0.2) is 4.68 Å². The molecule has 1 unspecified atom stereocenters. The number of hydrogen-bond donors (Lipinski definition) is 1. The molecule has 0 saturated carbocycles. The summed E-state index contributed by atoms with van der Waals surface area (Å²) in [6.07, 6.45) is 2.33. The molecule has 1 N–H and O–H groups in total. The Morgan fingerprint density at radius 1 is 1.61 bits per heavy atom. The van der Waals surface area contributed by atoms with E-state index in [9.17, 15) is 15.2 Å². The average molecular weight is 254 g/mol. The van der Waals surface area contributed by atoms with E-state index < -0.39 is 0 Å². The van der Waals surface area contributed by atoms with Crippen LogP contribution >= 0.6 is 0 Å². The van der Waals surface area contributed by atoms with Crippen molar-refractivity contribution in [2.45, 2.75) is 32.2 Å². The third-order valence-corrected chi connectivity index (χ3v) is 3.44. The Labute approximate surface area is 105 Å². The zero-order chi connectivity index (χ0) is 13.3. The van der Waals surface area contributed by atoms with E-state index in [4.69, 9.17) is 0 Å². The van der Waals surface area contributed by atoms with Gasteiger partial charge in [0.25, 0.3) is 0 Å². The van der Waals surface area contributed by atoms with Gasteiger partial charge in [0, 0.05) is 13.6 Å². The van der Waals surface area contributed by atoms with Gasteiger partial charge in [-0.05, 0) is 19.3 Å². The number of aliphatic hydroxyl groups excluding tert-OH is 1. The third-order valence-electron chi connectivity index (χ3n) is 3.44. The third kappa shape index (κ3) is 1.94. The smallest absolute Gasteiger partial charge is 0.334 e. The fourth-order valence-corrected chi connectivity index (χ4v) is 2.61. The number of hydrogen-bond acceptors (Lipinski definition) is 5. The van der Waals surface area contributed by atoms with Crippen molar-refractivity contribution in [3.8, 4) is 0 Å². The Morgan fingerprint density at radius 3 is 2.89 bits per heavy atom. The van der Waals surface area contributed by atoms with Crippen molar-refractivity contribution in [1.29, 1.82) is 0 Å². The van der Waals surface area contributed by atoms with Gasteiger partial charge in [0.1, 0.15) is 5.69 Å². The number of nitrogens with zero attached hydrogens (tertiary/aromatic N) is 4. The van der Waals surface area contributed by atoms with Gasteiger partial charge in [-0.3, -0.25) is 10.1 Å². The maximum absolute atomic E-state index is 11.2. The molecule has 100 valence electrons. The van der Waals surface area contributed by atoms with Crippen LogP contribution in [0, 0.1) is 10.1 Å². The highest BCUT2D eigenvalue weighted by atomic mass is 16.6. The monoisotopic (exact) mass is 254 g/mol. The fraction of sp³-hybridized carbons (Fsp3) is 0.727. The lowest BCUT2D eigenvalue weighted by molar-refractivity contribution is -0.384. The first kappa shape index (κ1) is 12.8. The first-order chi connectivity index (χ1) is 8.60. The van der Waals surface area contributed by atoms with Crippen molar-refractivity contribution in [2.24, 2.45) is 7.05 Å². The van der Waals surface area contributed by atoms with Crippen LogP contribution in [0.2, 0.25) is 0 Å². The summed E-state index contributed by atoms with van der Waals surface area (Å²) in [4.78, 5) is 12.8. The standard InChI is InChI=1S/C11H18N4O3/c1-3-9-10(15(17)18)11(13(2)12-9)14-6-4-5-8(14)7-16/h8,16H,3-7H2,1-2H3. The average Bonchev–Trinajstić information content (AvgIpc) is 2.91. The molecule has 2 heterocycles. The van der Waals surface area contributed by atoms with Gasteiger partial charge < -0.3 is 10.0 Å². The summed E-state index contributed by atoms with van der Waals surface area (Å²) in [7, 11) is 1.72. The summed E-state index contributed by atoms with van der Waals surface area (Å²) in [6.45, 7) is 2.60. The van der Waals surface area contributed by atoms with Gasteiger partial charge >= 0.3 is 5.69 Å². The van der Waals surface area contributed by atoms with Crippen LogP contribution in [0.4, 0.5) is 11.5 Å². The maximum atomic E-state index is 11.2. The number of aliphatic hydroxyl groups is 1. The second-order valence-electron chi connectivity index (χ2n) is 4.53. The number of rotatable bonds is 4. The van der Waals surface area contributed by atoms with Crippen molar-refractivity contribution in [3.05, 3.63) is 15.8 Å². The quantitative estimate of drug-likeness (QED) is 0.636. The van der Waals surface area contributed by atoms with Gasteiger partial charge in [-0.15, -0.1) is 0 Å². The van der Waals surface area contributed by atoms with E-state index in [-0.39, 0.29) is 23.3 Å². The Morgan fingerprint density at radius 2 is 2.33 bits per heavy atom. The maximum Gasteiger partial charge on any atom is 0.334 e. The molecule has 18 heavy (non-hydrogen) atoms. The van der Waals surface area contributed by atoms with Gasteiger partial charge in [0.2, 0.25) is 5.82 Å². The van der Waals surface area contributed by atoms with E-state index in [0.717, 1.165) is 19.4 Å². The van der Waals surface area contributed by atoms with Crippen LogP contribution in [0.5, 0.6) is 0 Å². The summed E-state index contributed by atoms with van der Waals surface area (Å²) in [5.41, 5.74) is 0.585. The highest BCUT2D eigenvalue weighted by molar-refractivity contribution is 5.62. The van der Waals surface area contributed by atoms with Crippen LogP contribution in [-0.2, 0) is 13.5 Å². The van der Waals surface area contributed by atoms with E-state index in [1.54, 1.807) is 11.7 Å². The zero-order valence-corrected chi connectivity index (χ0v) is 10.7. The van der Waals surface area contributed by atoms with Gasteiger partial charge in [-0.2, -0.15) is 5.10 Å². The molecule has 2 rings (SSSR count). The largest absolute Gasteiger partial charge is 0.394 e. The zero-order valence-electron chi connectivity index (χ0n) is 10.7. The van der Waals surface area contributed by atoms with E-state index in [1.165, 1.54) is 0 Å².